The summed E-state index contributed by atoms with van der Waals surface area (Å²) in [6, 6.07) is 10.6. The smallest absolute Gasteiger partial charge is 0.223 e. The molecule has 0 spiro atoms. The molecule has 2 N–H and O–H groups in total. The van der Waals surface area contributed by atoms with Crippen LogP contribution in [0.15, 0.2) is 42.9 Å². The highest BCUT2D eigenvalue weighted by atomic mass is 16.2. The zero-order chi connectivity index (χ0) is 21.6. The van der Waals surface area contributed by atoms with Crippen molar-refractivity contribution in [2.75, 3.05) is 7.05 Å². The Hall–Kier alpha value is -2.63. The molecular weight excluding hydrogens is 388 g/mol. The molecule has 2 fully saturated rings. The summed E-state index contributed by atoms with van der Waals surface area (Å²) < 4.78 is 0. The van der Waals surface area contributed by atoms with Crippen LogP contribution >= 0.6 is 0 Å². The van der Waals surface area contributed by atoms with Crippen LogP contribution in [0.3, 0.4) is 0 Å². The lowest BCUT2D eigenvalue weighted by Gasteiger charge is -2.37. The van der Waals surface area contributed by atoms with Crippen molar-refractivity contribution < 1.29 is 9.59 Å². The number of benzene rings is 1. The minimum absolute atomic E-state index is 0.132. The van der Waals surface area contributed by atoms with Gasteiger partial charge in [-0.05, 0) is 61.8 Å². The maximum Gasteiger partial charge on any atom is 0.223 e. The standard InChI is InChI=1S/C25H34N4O2/c1-26-24(30)14-21-10-19(12-22-15-27-17-28-22)9-20(11-21)13-23-7-8-25(31)29(23)16-18-5-3-2-4-6-18/h2-6,15,17,19-21,23H,7-14,16H2,1H3,(H,26,30)(H,27,28)/t19-,20+,21-,23+/m1/s1. The Kier molecular flexibility index (Phi) is 7.05. The molecule has 4 atom stereocenters. The first kappa shape index (κ1) is 21.6. The number of hydrogen-bond donors (Lipinski definition) is 2. The van der Waals surface area contributed by atoms with Gasteiger partial charge in [-0.3, -0.25) is 9.59 Å². The van der Waals surface area contributed by atoms with E-state index >= 15 is 0 Å². The Morgan fingerprint density at radius 1 is 1.16 bits per heavy atom. The maximum atomic E-state index is 12.6. The topological polar surface area (TPSA) is 78.1 Å². The lowest BCUT2D eigenvalue weighted by molar-refractivity contribution is -0.129. The Labute approximate surface area is 184 Å². The summed E-state index contributed by atoms with van der Waals surface area (Å²) >= 11 is 0. The van der Waals surface area contributed by atoms with Crippen LogP contribution in [-0.2, 0) is 22.6 Å². The third-order valence-corrected chi connectivity index (χ3v) is 7.07. The summed E-state index contributed by atoms with van der Waals surface area (Å²) in [5.74, 6) is 1.92. The molecule has 0 unspecified atom stereocenters. The van der Waals surface area contributed by atoms with Gasteiger partial charge in [0.2, 0.25) is 11.8 Å². The number of likely N-dealkylation sites (tertiary alicyclic amines) is 1. The molecule has 31 heavy (non-hydrogen) atoms. The van der Waals surface area contributed by atoms with E-state index in [0.717, 1.165) is 38.5 Å². The second-order valence-electron chi connectivity index (χ2n) is 9.40. The molecule has 1 saturated carbocycles. The third kappa shape index (κ3) is 5.75. The molecule has 6 heteroatoms. The predicted molar refractivity (Wildman–Crippen MR) is 120 cm³/mol. The molecule has 1 aromatic heterocycles. The van der Waals surface area contributed by atoms with Crippen LogP contribution < -0.4 is 5.32 Å². The molecular formula is C25H34N4O2. The quantitative estimate of drug-likeness (QED) is 0.681. The van der Waals surface area contributed by atoms with E-state index in [4.69, 9.17) is 0 Å². The van der Waals surface area contributed by atoms with Gasteiger partial charge in [0.25, 0.3) is 0 Å². The molecule has 2 amide bonds. The molecule has 1 aliphatic heterocycles. The monoisotopic (exact) mass is 422 g/mol. The van der Waals surface area contributed by atoms with Crippen molar-refractivity contribution in [3.05, 3.63) is 54.1 Å². The fourth-order valence-corrected chi connectivity index (χ4v) is 5.72. The van der Waals surface area contributed by atoms with E-state index in [1.54, 1.807) is 13.4 Å². The highest BCUT2D eigenvalue weighted by Gasteiger charge is 2.36. The number of nitrogens with one attached hydrogen (secondary N) is 2. The van der Waals surface area contributed by atoms with Gasteiger partial charge in [-0.25, -0.2) is 4.98 Å². The summed E-state index contributed by atoms with van der Waals surface area (Å²) in [4.78, 5) is 34.2. The molecule has 0 radical (unpaired) electrons. The van der Waals surface area contributed by atoms with E-state index < -0.39 is 0 Å². The number of carbonyl (C=O) groups is 2. The van der Waals surface area contributed by atoms with Gasteiger partial charge in [-0.15, -0.1) is 0 Å². The van der Waals surface area contributed by atoms with E-state index in [2.05, 4.69) is 32.3 Å². The van der Waals surface area contributed by atoms with Crippen LogP contribution in [0.5, 0.6) is 0 Å². The Balaban J connectivity index is 1.42. The number of imidazole rings is 1. The minimum Gasteiger partial charge on any atom is -0.359 e. The lowest BCUT2D eigenvalue weighted by Crippen LogP contribution is -2.36. The van der Waals surface area contributed by atoms with Gasteiger partial charge in [-0.2, -0.15) is 0 Å². The van der Waals surface area contributed by atoms with Crippen LogP contribution in [-0.4, -0.2) is 39.8 Å². The molecule has 166 valence electrons. The van der Waals surface area contributed by atoms with Crippen molar-refractivity contribution in [3.8, 4) is 0 Å². The van der Waals surface area contributed by atoms with Gasteiger partial charge < -0.3 is 15.2 Å². The van der Waals surface area contributed by atoms with Crippen molar-refractivity contribution in [3.63, 3.8) is 0 Å². The third-order valence-electron chi connectivity index (χ3n) is 7.07. The minimum atomic E-state index is 0.132. The van der Waals surface area contributed by atoms with Crippen molar-refractivity contribution in [2.45, 2.75) is 64.0 Å². The van der Waals surface area contributed by atoms with E-state index in [-0.39, 0.29) is 11.8 Å². The van der Waals surface area contributed by atoms with Crippen molar-refractivity contribution in [1.29, 1.82) is 0 Å². The number of nitrogens with zero attached hydrogens (tertiary/aromatic N) is 2. The van der Waals surface area contributed by atoms with E-state index in [9.17, 15) is 9.59 Å². The number of aromatic nitrogens is 2. The first-order valence-corrected chi connectivity index (χ1v) is 11.6. The largest absolute Gasteiger partial charge is 0.359 e. The molecule has 1 aliphatic carbocycles. The fraction of sp³-hybridized carbons (Fsp3) is 0.560. The van der Waals surface area contributed by atoms with Gasteiger partial charge >= 0.3 is 0 Å². The van der Waals surface area contributed by atoms with Crippen molar-refractivity contribution in [2.24, 2.45) is 17.8 Å². The molecule has 2 aromatic rings. The summed E-state index contributed by atoms with van der Waals surface area (Å²) in [6.07, 6.45) is 11.2. The average molecular weight is 423 g/mol. The highest BCUT2D eigenvalue weighted by molar-refractivity contribution is 5.78. The maximum absolute atomic E-state index is 12.6. The summed E-state index contributed by atoms with van der Waals surface area (Å²) in [7, 11) is 1.72. The zero-order valence-corrected chi connectivity index (χ0v) is 18.4. The number of carbonyl (C=O) groups excluding carboxylic acids is 2. The molecule has 1 saturated heterocycles. The number of aromatic amines is 1. The Morgan fingerprint density at radius 2 is 1.94 bits per heavy atom. The van der Waals surface area contributed by atoms with E-state index in [1.807, 2.05) is 24.4 Å². The van der Waals surface area contributed by atoms with Gasteiger partial charge in [0, 0.05) is 44.4 Å². The molecule has 0 bridgehead atoms. The Bertz CT molecular complexity index is 852. The number of H-pyrrole nitrogens is 1. The van der Waals surface area contributed by atoms with E-state index in [1.165, 1.54) is 11.3 Å². The summed E-state index contributed by atoms with van der Waals surface area (Å²) in [5.41, 5.74) is 2.37. The van der Waals surface area contributed by atoms with Crippen molar-refractivity contribution >= 4 is 11.8 Å². The second kappa shape index (κ2) is 10.1. The molecule has 4 rings (SSSR count). The first-order chi connectivity index (χ1) is 15.1. The molecule has 2 aliphatic rings. The molecule has 6 nitrogen and oxygen atoms in total. The van der Waals surface area contributed by atoms with E-state index in [0.29, 0.717) is 43.2 Å². The van der Waals surface area contributed by atoms with Crippen LogP contribution in [0.25, 0.3) is 0 Å². The van der Waals surface area contributed by atoms with Crippen LogP contribution in [0.2, 0.25) is 0 Å². The fourth-order valence-electron chi connectivity index (χ4n) is 5.72. The first-order valence-electron chi connectivity index (χ1n) is 11.6. The van der Waals surface area contributed by atoms with Crippen LogP contribution in [0.1, 0.15) is 56.2 Å². The normalized spacial score (nSPS) is 26.2. The lowest BCUT2D eigenvalue weighted by atomic mass is 9.70. The predicted octanol–water partition coefficient (Wildman–Crippen LogP) is 3.70. The Morgan fingerprint density at radius 3 is 2.68 bits per heavy atom. The molecule has 2 heterocycles. The number of rotatable bonds is 8. The average Bonchev–Trinajstić information content (AvgIpc) is 3.39. The van der Waals surface area contributed by atoms with Gasteiger partial charge in [0.1, 0.15) is 0 Å². The van der Waals surface area contributed by atoms with Gasteiger partial charge in [0.05, 0.1) is 6.33 Å². The van der Waals surface area contributed by atoms with Gasteiger partial charge in [0.15, 0.2) is 0 Å². The van der Waals surface area contributed by atoms with Crippen LogP contribution in [0, 0.1) is 17.8 Å². The summed E-state index contributed by atoms with van der Waals surface area (Å²) in [6.45, 7) is 0.705. The number of amides is 2. The van der Waals surface area contributed by atoms with Crippen molar-refractivity contribution in [1.82, 2.24) is 20.2 Å². The molecule has 1 aromatic carbocycles. The van der Waals surface area contributed by atoms with Gasteiger partial charge in [-0.1, -0.05) is 30.3 Å². The second-order valence-corrected chi connectivity index (χ2v) is 9.40. The zero-order valence-electron chi connectivity index (χ0n) is 18.4. The number of hydrogen-bond acceptors (Lipinski definition) is 3. The SMILES string of the molecule is CNC(=O)C[C@@H]1C[C@H](Cc2cnc[nH]2)C[C@H](C[C@@H]2CCC(=O)N2Cc2ccccc2)C1. The highest BCUT2D eigenvalue weighted by Crippen LogP contribution is 2.40. The summed E-state index contributed by atoms with van der Waals surface area (Å²) in [5, 5.41) is 2.79. The van der Waals surface area contributed by atoms with Crippen LogP contribution in [0.4, 0.5) is 0 Å².